The van der Waals surface area contributed by atoms with Crippen molar-refractivity contribution in [3.8, 4) is 5.75 Å². The number of aromatic hydroxyl groups is 1. The quantitative estimate of drug-likeness (QED) is 0.387. The monoisotopic (exact) mass is 475 g/mol. The summed E-state index contributed by atoms with van der Waals surface area (Å²) in [7, 11) is 6.40. The van der Waals surface area contributed by atoms with E-state index in [2.05, 4.69) is 0 Å². The maximum Gasteiger partial charge on any atom is 0.255 e. The van der Waals surface area contributed by atoms with Crippen molar-refractivity contribution >= 4 is 23.2 Å². The normalized spacial score (nSPS) is 28.6. The molecule has 10 nitrogen and oxygen atoms in total. The number of likely N-dealkylation sites (N-methyl/N-ethyl adjacent to an activating group) is 1. The fourth-order valence-electron chi connectivity index (χ4n) is 5.67. The zero-order valence-corrected chi connectivity index (χ0v) is 19.1. The number of carbonyl (C=O) groups excluding carboxylic acids is 3. The van der Waals surface area contributed by atoms with Crippen molar-refractivity contribution in [2.45, 2.75) is 24.5 Å². The van der Waals surface area contributed by atoms with Gasteiger partial charge in [-0.25, -0.2) is 4.39 Å². The highest BCUT2D eigenvalue weighted by Gasteiger charge is 2.63. The largest absolute Gasteiger partial charge is 0.510 e. The van der Waals surface area contributed by atoms with Gasteiger partial charge in [-0.1, -0.05) is 0 Å². The molecule has 0 fully saturated rings. The number of ketones is 2. The van der Waals surface area contributed by atoms with Gasteiger partial charge in [-0.2, -0.15) is 0 Å². The standard InChI is InChI=1S/C23H26FN3O7/c1-26(2)12-7-11(24)17(28)14-9(12)5-8-6-10-16(27(3)4)19(30)15(22(25)33)21(32)23(10,34)20(31)13(8)18(14)29/h7-8,10,16,28,30-31,34H,5-6H2,1-4H3,(H2,25,33)/t8-,10-,16-,23-/m0/s1. The molecule has 0 aromatic heterocycles. The van der Waals surface area contributed by atoms with Gasteiger partial charge in [0.2, 0.25) is 5.78 Å². The van der Waals surface area contributed by atoms with Gasteiger partial charge in [0.05, 0.1) is 11.6 Å². The summed E-state index contributed by atoms with van der Waals surface area (Å²) >= 11 is 0. The Morgan fingerprint density at radius 1 is 1.18 bits per heavy atom. The zero-order valence-electron chi connectivity index (χ0n) is 19.1. The Morgan fingerprint density at radius 3 is 2.32 bits per heavy atom. The topological polar surface area (TPSA) is 165 Å². The lowest BCUT2D eigenvalue weighted by atomic mass is 9.58. The van der Waals surface area contributed by atoms with Gasteiger partial charge in [-0.3, -0.25) is 19.3 Å². The third-order valence-electron chi connectivity index (χ3n) is 7.13. The summed E-state index contributed by atoms with van der Waals surface area (Å²) in [5, 5.41) is 43.8. The lowest BCUT2D eigenvalue weighted by Crippen LogP contribution is -2.63. The van der Waals surface area contributed by atoms with Crippen LogP contribution >= 0.6 is 0 Å². The maximum atomic E-state index is 14.4. The van der Waals surface area contributed by atoms with E-state index in [1.54, 1.807) is 33.1 Å². The number of hydrogen-bond donors (Lipinski definition) is 5. The lowest BCUT2D eigenvalue weighted by molar-refractivity contribution is -0.148. The molecule has 3 aliphatic carbocycles. The highest BCUT2D eigenvalue weighted by molar-refractivity contribution is 6.24. The predicted molar refractivity (Wildman–Crippen MR) is 118 cm³/mol. The Hall–Kier alpha value is -3.44. The number of amides is 1. The van der Waals surface area contributed by atoms with E-state index in [9.17, 15) is 39.2 Å². The number of hydrogen-bond acceptors (Lipinski definition) is 9. The molecule has 1 amide bonds. The van der Waals surface area contributed by atoms with Gasteiger partial charge in [-0.05, 0) is 38.4 Å². The van der Waals surface area contributed by atoms with Crippen LogP contribution in [0.15, 0.2) is 28.7 Å². The first-order valence-corrected chi connectivity index (χ1v) is 10.6. The van der Waals surface area contributed by atoms with E-state index in [1.165, 1.54) is 4.90 Å². The van der Waals surface area contributed by atoms with Gasteiger partial charge in [0, 0.05) is 37.3 Å². The van der Waals surface area contributed by atoms with Crippen molar-refractivity contribution in [1.82, 2.24) is 4.90 Å². The molecule has 3 aliphatic rings. The number of anilines is 1. The van der Waals surface area contributed by atoms with Crippen LogP contribution in [-0.4, -0.2) is 82.6 Å². The summed E-state index contributed by atoms with van der Waals surface area (Å²) in [5.41, 5.74) is 1.73. The minimum Gasteiger partial charge on any atom is -0.510 e. The molecule has 4 rings (SSSR count). The first-order valence-electron chi connectivity index (χ1n) is 10.6. The molecular weight excluding hydrogens is 449 g/mol. The molecule has 34 heavy (non-hydrogen) atoms. The van der Waals surface area contributed by atoms with Crippen molar-refractivity contribution in [1.29, 1.82) is 0 Å². The second-order valence-electron chi connectivity index (χ2n) is 9.44. The second kappa shape index (κ2) is 7.54. The molecule has 11 heteroatoms. The molecular formula is C23H26FN3O7. The zero-order chi connectivity index (χ0) is 25.4. The number of halogens is 1. The number of carbonyl (C=O) groups is 3. The Bertz CT molecular complexity index is 1220. The Balaban J connectivity index is 2.00. The number of nitrogens with zero attached hydrogens (tertiary/aromatic N) is 2. The van der Waals surface area contributed by atoms with Crippen LogP contribution in [0.1, 0.15) is 22.3 Å². The highest BCUT2D eigenvalue weighted by atomic mass is 19.1. The Labute approximate surface area is 194 Å². The number of nitrogens with two attached hydrogens (primary N) is 1. The van der Waals surface area contributed by atoms with Gasteiger partial charge >= 0.3 is 0 Å². The van der Waals surface area contributed by atoms with Crippen molar-refractivity contribution in [3.63, 3.8) is 0 Å². The fourth-order valence-corrected chi connectivity index (χ4v) is 5.67. The van der Waals surface area contributed by atoms with Crippen LogP contribution in [0.4, 0.5) is 10.1 Å². The first kappa shape index (κ1) is 23.7. The molecule has 182 valence electrons. The van der Waals surface area contributed by atoms with Gasteiger partial charge in [0.15, 0.2) is 23.0 Å². The molecule has 0 spiro atoms. The van der Waals surface area contributed by atoms with Crippen LogP contribution in [0.3, 0.4) is 0 Å². The van der Waals surface area contributed by atoms with Gasteiger partial charge in [-0.15, -0.1) is 0 Å². The molecule has 0 aliphatic heterocycles. The van der Waals surface area contributed by atoms with E-state index in [4.69, 9.17) is 5.73 Å². The first-order chi connectivity index (χ1) is 15.7. The number of aliphatic hydroxyl groups is 3. The molecule has 1 aromatic rings. The number of Topliss-reactive ketones (excluding diaryl/α,β-unsaturated/α-hetero) is 2. The van der Waals surface area contributed by atoms with E-state index in [-0.39, 0.29) is 24.0 Å². The molecule has 1 aromatic carbocycles. The Kier molecular flexibility index (Phi) is 5.26. The van der Waals surface area contributed by atoms with E-state index in [0.29, 0.717) is 11.3 Å². The molecule has 0 heterocycles. The van der Waals surface area contributed by atoms with Crippen LogP contribution in [0, 0.1) is 17.7 Å². The highest BCUT2D eigenvalue weighted by Crippen LogP contribution is 2.53. The van der Waals surface area contributed by atoms with Crippen LogP contribution in [0.2, 0.25) is 0 Å². The molecule has 0 unspecified atom stereocenters. The van der Waals surface area contributed by atoms with Gasteiger partial charge in [0.1, 0.15) is 17.1 Å². The lowest BCUT2D eigenvalue weighted by Gasteiger charge is -2.50. The van der Waals surface area contributed by atoms with Gasteiger partial charge in [0.25, 0.3) is 5.91 Å². The summed E-state index contributed by atoms with van der Waals surface area (Å²) in [6.45, 7) is 0. The minimum atomic E-state index is -2.72. The van der Waals surface area contributed by atoms with Crippen molar-refractivity contribution in [3.05, 3.63) is 45.7 Å². The molecule has 6 N–H and O–H groups in total. The summed E-state index contributed by atoms with van der Waals surface area (Å²) in [5.74, 6) is -8.92. The number of phenols is 1. The average Bonchev–Trinajstić information content (AvgIpc) is 2.72. The smallest absolute Gasteiger partial charge is 0.255 e. The molecule has 0 saturated carbocycles. The number of aliphatic hydroxyl groups excluding tert-OH is 2. The van der Waals surface area contributed by atoms with Crippen LogP contribution < -0.4 is 10.6 Å². The number of rotatable bonds is 3. The summed E-state index contributed by atoms with van der Waals surface area (Å²) in [6.07, 6.45) is 0.0622. The number of fused-ring (bicyclic) bond motifs is 3. The molecule has 4 atom stereocenters. The molecule has 0 saturated heterocycles. The molecule has 0 radical (unpaired) electrons. The Morgan fingerprint density at radius 2 is 1.79 bits per heavy atom. The van der Waals surface area contributed by atoms with Crippen LogP contribution in [0.5, 0.6) is 5.75 Å². The number of primary amides is 1. The number of allylic oxidation sites excluding steroid dienone is 1. The van der Waals surface area contributed by atoms with Gasteiger partial charge < -0.3 is 31.1 Å². The van der Waals surface area contributed by atoms with Crippen molar-refractivity contribution < 1.29 is 39.2 Å². The van der Waals surface area contributed by atoms with Crippen LogP contribution in [-0.2, 0) is 16.0 Å². The average molecular weight is 475 g/mol. The van der Waals surface area contributed by atoms with Crippen LogP contribution in [0.25, 0.3) is 0 Å². The van der Waals surface area contributed by atoms with Crippen molar-refractivity contribution in [2.24, 2.45) is 17.6 Å². The second-order valence-corrected chi connectivity index (χ2v) is 9.44. The van der Waals surface area contributed by atoms with E-state index < -0.39 is 69.6 Å². The van der Waals surface area contributed by atoms with E-state index >= 15 is 0 Å². The summed E-state index contributed by atoms with van der Waals surface area (Å²) in [4.78, 5) is 41.7. The summed E-state index contributed by atoms with van der Waals surface area (Å²) in [6, 6.07) is 0.0377. The minimum absolute atomic E-state index is 0.0310. The molecule has 0 bridgehead atoms. The SMILES string of the molecule is CN(C)c1cc(F)c(O)c2c1C[C@H]1C[C@H]3[C@H](N(C)C)C(O)=C(C(N)=O)C(=O)[C@@]3(O)C(O)=C1C2=O. The maximum absolute atomic E-state index is 14.4. The number of phenolic OH excluding ortho intramolecular Hbond substituents is 1. The van der Waals surface area contributed by atoms with Crippen molar-refractivity contribution in [2.75, 3.05) is 33.1 Å². The fraction of sp³-hybridized carbons (Fsp3) is 0.435. The number of benzene rings is 1. The predicted octanol–water partition coefficient (Wildman–Crippen LogP) is 0.326. The van der Waals surface area contributed by atoms with E-state index in [1.807, 2.05) is 0 Å². The third-order valence-corrected chi connectivity index (χ3v) is 7.13. The summed E-state index contributed by atoms with van der Waals surface area (Å²) < 4.78 is 14.4. The van der Waals surface area contributed by atoms with E-state index in [0.717, 1.165) is 6.07 Å². The third kappa shape index (κ3) is 2.90.